The second-order valence-electron chi connectivity index (χ2n) is 10.6. The Hall–Kier alpha value is -4.58. The number of rotatable bonds is 13. The molecule has 1 heterocycles. The molecule has 4 amide bonds. The highest BCUT2D eigenvalue weighted by atomic mass is 16.7. The van der Waals surface area contributed by atoms with Crippen LogP contribution in [0.25, 0.3) is 0 Å². The van der Waals surface area contributed by atoms with Gasteiger partial charge in [-0.05, 0) is 54.7 Å². The van der Waals surface area contributed by atoms with Gasteiger partial charge in [-0.25, -0.2) is 9.59 Å². The number of benzene rings is 2. The van der Waals surface area contributed by atoms with Crippen LogP contribution in [0, 0.1) is 12.8 Å². The van der Waals surface area contributed by atoms with Crippen LogP contribution in [0.3, 0.4) is 0 Å². The molecule has 0 radical (unpaired) electrons. The van der Waals surface area contributed by atoms with Gasteiger partial charge in [0.25, 0.3) is 0 Å². The molecule has 0 aromatic heterocycles. The van der Waals surface area contributed by atoms with E-state index < -0.39 is 36.1 Å². The van der Waals surface area contributed by atoms with Crippen LogP contribution >= 0.6 is 0 Å². The van der Waals surface area contributed by atoms with Gasteiger partial charge in [-0.2, -0.15) is 0 Å². The summed E-state index contributed by atoms with van der Waals surface area (Å²) >= 11 is 0. The van der Waals surface area contributed by atoms with Crippen molar-refractivity contribution < 1.29 is 33.9 Å². The van der Waals surface area contributed by atoms with Gasteiger partial charge in [0, 0.05) is 19.0 Å². The number of hydroxylamine groups is 1. The van der Waals surface area contributed by atoms with E-state index in [2.05, 4.69) is 26.7 Å². The fourth-order valence-electron chi connectivity index (χ4n) is 4.52. The first-order valence-electron chi connectivity index (χ1n) is 13.7. The Kier molecular flexibility index (Phi) is 11.3. The number of carbonyl (C=O) groups is 4. The first kappa shape index (κ1) is 31.9. The average molecular weight is 582 g/mol. The summed E-state index contributed by atoms with van der Waals surface area (Å²) < 4.78 is 5.46. The Morgan fingerprint density at radius 3 is 2.40 bits per heavy atom. The molecule has 6 N–H and O–H groups in total. The van der Waals surface area contributed by atoms with Crippen LogP contribution in [0.2, 0.25) is 0 Å². The third-order valence-corrected chi connectivity index (χ3v) is 6.53. The molecule has 12 heteroatoms. The standard InChI is InChI=1S/C30H39N5O7/c1-17(2)12-24(25-15-21(42-35-25)16-26(29(38)39)31-19(4)36)32-28(37)14-20-10-11-23(27(13-20)41-5)34-30(40)33-22-9-7-6-8-18(22)3/h6-11,13,15,17,21,24,26,35H,12,14,16H2,1-5H3,(H,31,36)(H,32,37)(H,38,39)(H2,33,34,40). The number of carboxylic acids is 1. The number of urea groups is 1. The molecule has 0 bridgehead atoms. The Bertz CT molecular complexity index is 1330. The molecular weight excluding hydrogens is 542 g/mol. The number of nitrogens with one attached hydrogen (secondary N) is 5. The maximum atomic E-state index is 13.1. The number of amides is 4. The third-order valence-electron chi connectivity index (χ3n) is 6.53. The minimum Gasteiger partial charge on any atom is -0.495 e. The largest absolute Gasteiger partial charge is 0.495 e. The molecule has 2 aromatic rings. The van der Waals surface area contributed by atoms with Gasteiger partial charge in [0.05, 0.1) is 31.0 Å². The van der Waals surface area contributed by atoms with Crippen molar-refractivity contribution >= 4 is 35.2 Å². The van der Waals surface area contributed by atoms with E-state index in [9.17, 15) is 24.3 Å². The zero-order valence-corrected chi connectivity index (χ0v) is 24.4. The van der Waals surface area contributed by atoms with Gasteiger partial charge in [0.15, 0.2) is 0 Å². The first-order chi connectivity index (χ1) is 19.9. The fraction of sp³-hybridized carbons (Fsp3) is 0.400. The maximum Gasteiger partial charge on any atom is 0.326 e. The van der Waals surface area contributed by atoms with Crippen LogP contribution in [-0.4, -0.2) is 54.2 Å². The molecular formula is C30H39N5O7. The van der Waals surface area contributed by atoms with Crippen LogP contribution in [0.15, 0.2) is 54.2 Å². The number of ether oxygens (including phenoxy) is 1. The predicted octanol–water partition coefficient (Wildman–Crippen LogP) is 3.49. The van der Waals surface area contributed by atoms with Gasteiger partial charge in [-0.3, -0.25) is 19.9 Å². The van der Waals surface area contributed by atoms with E-state index in [1.165, 1.54) is 14.0 Å². The van der Waals surface area contributed by atoms with Gasteiger partial charge in [-0.15, -0.1) is 0 Å². The summed E-state index contributed by atoms with van der Waals surface area (Å²) in [7, 11) is 1.48. The molecule has 1 aliphatic rings. The topological polar surface area (TPSA) is 167 Å². The molecule has 0 spiro atoms. The molecule has 42 heavy (non-hydrogen) atoms. The Balaban J connectivity index is 1.64. The van der Waals surface area contributed by atoms with E-state index in [0.29, 0.717) is 34.8 Å². The lowest BCUT2D eigenvalue weighted by Crippen LogP contribution is -2.42. The normalized spacial score (nSPS) is 15.6. The molecule has 12 nitrogen and oxygen atoms in total. The number of para-hydroxylation sites is 1. The third kappa shape index (κ3) is 9.51. The highest BCUT2D eigenvalue weighted by Crippen LogP contribution is 2.27. The smallest absolute Gasteiger partial charge is 0.326 e. The van der Waals surface area contributed by atoms with E-state index in [0.717, 1.165) is 5.56 Å². The SMILES string of the molecule is COc1cc(CC(=O)NC(CC(C)C)C2=CC(CC(NC(C)=O)C(=O)O)ON2)ccc1NC(=O)Nc1ccccc1C. The lowest BCUT2D eigenvalue weighted by molar-refractivity contribution is -0.142. The summed E-state index contributed by atoms with van der Waals surface area (Å²) in [5, 5.41) is 20.4. The van der Waals surface area contributed by atoms with Crippen molar-refractivity contribution in [2.24, 2.45) is 5.92 Å². The predicted molar refractivity (Wildman–Crippen MR) is 158 cm³/mol. The van der Waals surface area contributed by atoms with Crippen molar-refractivity contribution in [3.63, 3.8) is 0 Å². The fourth-order valence-corrected chi connectivity index (χ4v) is 4.52. The molecule has 2 aromatic carbocycles. The van der Waals surface area contributed by atoms with Gasteiger partial charge >= 0.3 is 12.0 Å². The Morgan fingerprint density at radius 1 is 1.05 bits per heavy atom. The molecule has 0 aliphatic carbocycles. The summed E-state index contributed by atoms with van der Waals surface area (Å²) in [5.74, 6) is -1.21. The van der Waals surface area contributed by atoms with Gasteiger partial charge in [0.1, 0.15) is 17.9 Å². The molecule has 3 rings (SSSR count). The molecule has 0 saturated carbocycles. The van der Waals surface area contributed by atoms with Crippen molar-refractivity contribution in [3.8, 4) is 5.75 Å². The van der Waals surface area contributed by atoms with Crippen molar-refractivity contribution in [1.29, 1.82) is 0 Å². The van der Waals surface area contributed by atoms with Gasteiger partial charge in [0.2, 0.25) is 11.8 Å². The van der Waals surface area contributed by atoms with Crippen LogP contribution < -0.4 is 31.5 Å². The van der Waals surface area contributed by atoms with Crippen LogP contribution in [-0.2, 0) is 25.6 Å². The number of anilines is 2. The monoisotopic (exact) mass is 581 g/mol. The molecule has 3 atom stereocenters. The zero-order chi connectivity index (χ0) is 30.8. The minimum atomic E-state index is -1.16. The van der Waals surface area contributed by atoms with Crippen LogP contribution in [0.4, 0.5) is 16.2 Å². The highest BCUT2D eigenvalue weighted by Gasteiger charge is 2.29. The number of carbonyl (C=O) groups excluding carboxylic acids is 3. The average Bonchev–Trinajstić information content (AvgIpc) is 3.38. The molecule has 226 valence electrons. The van der Waals surface area contributed by atoms with E-state index in [4.69, 9.17) is 9.57 Å². The van der Waals surface area contributed by atoms with Crippen LogP contribution in [0.1, 0.15) is 44.7 Å². The highest BCUT2D eigenvalue weighted by molar-refractivity contribution is 6.01. The maximum absolute atomic E-state index is 13.1. The lowest BCUT2D eigenvalue weighted by Gasteiger charge is -2.22. The van der Waals surface area contributed by atoms with E-state index >= 15 is 0 Å². The summed E-state index contributed by atoms with van der Waals surface area (Å²) in [6, 6.07) is 10.6. The number of methoxy groups -OCH3 is 1. The van der Waals surface area contributed by atoms with E-state index in [1.807, 2.05) is 45.0 Å². The number of hydrogen-bond donors (Lipinski definition) is 6. The zero-order valence-electron chi connectivity index (χ0n) is 24.4. The number of carboxylic acid groups (broad SMARTS) is 1. The minimum absolute atomic E-state index is 0.0247. The second-order valence-corrected chi connectivity index (χ2v) is 10.6. The summed E-state index contributed by atoms with van der Waals surface area (Å²) in [6.07, 6.45) is 1.82. The van der Waals surface area contributed by atoms with Gasteiger partial charge in [-0.1, -0.05) is 38.1 Å². The molecule has 0 saturated heterocycles. The Labute approximate surface area is 245 Å². The summed E-state index contributed by atoms with van der Waals surface area (Å²) in [5.41, 5.74) is 6.19. The van der Waals surface area contributed by atoms with E-state index in [1.54, 1.807) is 24.3 Å². The van der Waals surface area contributed by atoms with E-state index in [-0.39, 0.29) is 24.7 Å². The van der Waals surface area contributed by atoms with Crippen LogP contribution in [0.5, 0.6) is 5.75 Å². The first-order valence-corrected chi connectivity index (χ1v) is 13.7. The number of hydrogen-bond acceptors (Lipinski definition) is 7. The van der Waals surface area contributed by atoms with Crippen molar-refractivity contribution in [1.82, 2.24) is 16.1 Å². The van der Waals surface area contributed by atoms with Gasteiger partial charge < -0.3 is 31.1 Å². The lowest BCUT2D eigenvalue weighted by atomic mass is 9.99. The Morgan fingerprint density at radius 2 is 1.76 bits per heavy atom. The molecule has 0 fully saturated rings. The molecule has 1 aliphatic heterocycles. The summed E-state index contributed by atoms with van der Waals surface area (Å²) in [4.78, 5) is 54.0. The second kappa shape index (κ2) is 14.9. The van der Waals surface area contributed by atoms with Crippen molar-refractivity contribution in [2.75, 3.05) is 17.7 Å². The van der Waals surface area contributed by atoms with Crippen molar-refractivity contribution in [3.05, 3.63) is 65.4 Å². The molecule has 3 unspecified atom stereocenters. The summed E-state index contributed by atoms with van der Waals surface area (Å²) in [6.45, 7) is 7.20. The number of aliphatic carboxylic acids is 1. The number of aryl methyl sites for hydroxylation is 1. The van der Waals surface area contributed by atoms with Crippen molar-refractivity contribution in [2.45, 2.75) is 65.1 Å². The quantitative estimate of drug-likeness (QED) is 0.209.